The molecular weight excluding hydrogens is 520 g/mol. The van der Waals surface area contributed by atoms with Crippen LogP contribution in [0.5, 0.6) is 0 Å². The van der Waals surface area contributed by atoms with Gasteiger partial charge in [-0.15, -0.1) is 0 Å². The van der Waals surface area contributed by atoms with Crippen molar-refractivity contribution in [1.82, 2.24) is 0 Å². The van der Waals surface area contributed by atoms with Crippen LogP contribution in [0.25, 0.3) is 0 Å². The average molecular weight is 546 g/mol. The van der Waals surface area contributed by atoms with Gasteiger partial charge in [-0.25, -0.2) is 19.2 Å². The predicted molar refractivity (Wildman–Crippen MR) is 130 cm³/mol. The van der Waals surface area contributed by atoms with E-state index in [4.69, 9.17) is 14.2 Å². The summed E-state index contributed by atoms with van der Waals surface area (Å²) in [6.07, 6.45) is 4.92. The van der Waals surface area contributed by atoms with Gasteiger partial charge in [-0.3, -0.25) is 9.59 Å². The molecule has 4 atom stereocenters. The molecular formula is C26H26O13. The van der Waals surface area contributed by atoms with Gasteiger partial charge in [0.2, 0.25) is 11.2 Å². The topological polar surface area (TPSA) is 211 Å². The number of carboxylic acid groups (broad SMARTS) is 4. The Bertz CT molecular complexity index is 1170. The Balaban J connectivity index is 2.35. The van der Waals surface area contributed by atoms with Gasteiger partial charge >= 0.3 is 35.8 Å². The summed E-state index contributed by atoms with van der Waals surface area (Å²) in [7, 11) is 0. The summed E-state index contributed by atoms with van der Waals surface area (Å²) in [5.74, 6) is -13.0. The van der Waals surface area contributed by atoms with Gasteiger partial charge in [-0.2, -0.15) is 0 Å². The van der Waals surface area contributed by atoms with E-state index in [1.807, 2.05) is 0 Å². The van der Waals surface area contributed by atoms with Crippen molar-refractivity contribution in [2.45, 2.75) is 25.0 Å². The van der Waals surface area contributed by atoms with Crippen LogP contribution in [0.4, 0.5) is 0 Å². The van der Waals surface area contributed by atoms with Crippen LogP contribution in [0.2, 0.25) is 0 Å². The summed E-state index contributed by atoms with van der Waals surface area (Å²) in [6, 6.07) is 0. The van der Waals surface area contributed by atoms with E-state index in [-0.39, 0.29) is 13.2 Å². The number of aliphatic carboxylic acids is 4. The molecule has 0 amide bonds. The number of hydrogen-bond acceptors (Lipinski definition) is 9. The summed E-state index contributed by atoms with van der Waals surface area (Å²) in [6.45, 7) is 9.73. The highest BCUT2D eigenvalue weighted by molar-refractivity contribution is 6.04. The minimum Gasteiger partial charge on any atom is -0.479 e. The highest BCUT2D eigenvalue weighted by atomic mass is 16.6. The van der Waals surface area contributed by atoms with Crippen molar-refractivity contribution < 1.29 is 63.4 Å². The van der Waals surface area contributed by atoms with Gasteiger partial charge in [0.1, 0.15) is 11.8 Å². The van der Waals surface area contributed by atoms with Gasteiger partial charge in [0.25, 0.3) is 0 Å². The Labute approximate surface area is 221 Å². The fourth-order valence-corrected chi connectivity index (χ4v) is 3.50. The van der Waals surface area contributed by atoms with Crippen LogP contribution in [0.1, 0.15) is 13.8 Å². The van der Waals surface area contributed by atoms with Crippen molar-refractivity contribution in [2.75, 3.05) is 13.2 Å². The van der Waals surface area contributed by atoms with Crippen LogP contribution in [0, 0.1) is 11.8 Å². The first-order valence-electron chi connectivity index (χ1n) is 11.1. The number of carbonyl (C=O) groups excluding carboxylic acids is 2. The minimum absolute atomic E-state index is 0.250. The van der Waals surface area contributed by atoms with Crippen LogP contribution in [-0.4, -0.2) is 80.7 Å². The second-order valence-corrected chi connectivity index (χ2v) is 8.91. The zero-order valence-corrected chi connectivity index (χ0v) is 20.9. The lowest BCUT2D eigenvalue weighted by Crippen LogP contribution is -2.43. The zero-order valence-electron chi connectivity index (χ0n) is 20.9. The lowest BCUT2D eigenvalue weighted by atomic mass is 9.84. The first-order chi connectivity index (χ1) is 18.0. The predicted octanol–water partition coefficient (Wildman–Crippen LogP) is 1.28. The van der Waals surface area contributed by atoms with Crippen LogP contribution < -0.4 is 0 Å². The third kappa shape index (κ3) is 6.83. The number of ether oxygens (including phenoxy) is 3. The second-order valence-electron chi connectivity index (χ2n) is 8.91. The molecule has 0 aliphatic heterocycles. The number of carbonyl (C=O) groups is 6. The van der Waals surface area contributed by atoms with Crippen molar-refractivity contribution in [2.24, 2.45) is 11.8 Å². The quantitative estimate of drug-likeness (QED) is 0.155. The molecule has 4 N–H and O–H groups in total. The Kier molecular flexibility index (Phi) is 9.29. The lowest BCUT2D eigenvalue weighted by molar-refractivity contribution is -0.164. The maximum atomic E-state index is 12.8. The highest BCUT2D eigenvalue weighted by Crippen LogP contribution is 2.33. The largest absolute Gasteiger partial charge is 0.479 e. The third-order valence-electron chi connectivity index (χ3n) is 5.47. The van der Waals surface area contributed by atoms with Crippen LogP contribution in [0.3, 0.4) is 0 Å². The Morgan fingerprint density at radius 2 is 1.05 bits per heavy atom. The van der Waals surface area contributed by atoms with E-state index in [0.29, 0.717) is 23.3 Å². The summed E-state index contributed by atoms with van der Waals surface area (Å²) in [4.78, 5) is 73.0. The van der Waals surface area contributed by atoms with Crippen molar-refractivity contribution in [1.29, 1.82) is 0 Å². The standard InChI is InChI=1S/C26H26O13/c1-13(2)11-37-25(23(33)34)7-5-15(17(9-25)19(27)28)21(31)39-22(32)16-6-8-26(24(35)36,38-12-14(3)4)10-18(16)20(29)30/h5-10,15-16H,1,3,11-12H2,2,4H3,(H,27,28)(H,29,30)(H,33,34)(H,35,36). The molecule has 0 saturated carbocycles. The van der Waals surface area contributed by atoms with Crippen LogP contribution in [0.15, 0.2) is 71.9 Å². The van der Waals surface area contributed by atoms with Crippen molar-refractivity contribution in [3.63, 3.8) is 0 Å². The van der Waals surface area contributed by atoms with Crippen LogP contribution >= 0.6 is 0 Å². The maximum absolute atomic E-state index is 12.8. The zero-order chi connectivity index (χ0) is 29.7. The highest BCUT2D eigenvalue weighted by Gasteiger charge is 2.45. The van der Waals surface area contributed by atoms with E-state index in [2.05, 4.69) is 13.2 Å². The normalized spacial score (nSPS) is 25.6. The first kappa shape index (κ1) is 30.6. The number of carboxylic acids is 4. The molecule has 0 aromatic carbocycles. The summed E-state index contributed by atoms with van der Waals surface area (Å²) < 4.78 is 15.4. The fourth-order valence-electron chi connectivity index (χ4n) is 3.50. The molecule has 0 aromatic rings. The smallest absolute Gasteiger partial charge is 0.344 e. The van der Waals surface area contributed by atoms with Gasteiger partial charge < -0.3 is 34.6 Å². The van der Waals surface area contributed by atoms with E-state index in [0.717, 1.165) is 24.3 Å². The Morgan fingerprint density at radius 3 is 1.31 bits per heavy atom. The van der Waals surface area contributed by atoms with Crippen molar-refractivity contribution >= 4 is 35.8 Å². The minimum atomic E-state index is -2.25. The number of hydrogen-bond donors (Lipinski definition) is 4. The molecule has 0 heterocycles. The third-order valence-corrected chi connectivity index (χ3v) is 5.47. The fraction of sp³-hybridized carbons (Fsp3) is 0.308. The van der Waals surface area contributed by atoms with Gasteiger partial charge in [-0.1, -0.05) is 36.5 Å². The van der Waals surface area contributed by atoms with E-state index >= 15 is 0 Å². The first-order valence-corrected chi connectivity index (χ1v) is 11.1. The molecule has 2 rings (SSSR count). The van der Waals surface area contributed by atoms with Gasteiger partial charge in [0, 0.05) is 0 Å². The lowest BCUT2D eigenvalue weighted by Gasteiger charge is -2.30. The van der Waals surface area contributed by atoms with E-state index in [9.17, 15) is 49.2 Å². The molecule has 4 unspecified atom stereocenters. The van der Waals surface area contributed by atoms with E-state index < -0.39 is 70.0 Å². The van der Waals surface area contributed by atoms with Gasteiger partial charge in [-0.05, 0) is 38.2 Å². The molecule has 208 valence electrons. The van der Waals surface area contributed by atoms with E-state index in [1.54, 1.807) is 13.8 Å². The molecule has 13 heteroatoms. The van der Waals surface area contributed by atoms with Gasteiger partial charge in [0.05, 0.1) is 24.4 Å². The SMILES string of the molecule is C=C(C)COC1(C(=O)O)C=CC(C(=O)OC(=O)C2C=CC(OCC(=C)C)(C(=O)O)C=C2C(=O)O)C(C(=O)O)=C1. The number of esters is 2. The van der Waals surface area contributed by atoms with E-state index in [1.165, 1.54) is 0 Å². The molecule has 0 bridgehead atoms. The second kappa shape index (κ2) is 11.8. The molecule has 2 aliphatic carbocycles. The summed E-state index contributed by atoms with van der Waals surface area (Å²) in [5.41, 5.74) is -5.18. The molecule has 39 heavy (non-hydrogen) atoms. The molecule has 0 fully saturated rings. The Morgan fingerprint density at radius 1 is 0.718 bits per heavy atom. The maximum Gasteiger partial charge on any atom is 0.344 e. The molecule has 0 saturated heterocycles. The molecule has 13 nitrogen and oxygen atoms in total. The molecule has 0 radical (unpaired) electrons. The van der Waals surface area contributed by atoms with Crippen molar-refractivity contribution in [3.05, 3.63) is 71.9 Å². The van der Waals surface area contributed by atoms with Crippen LogP contribution in [-0.2, 0) is 43.0 Å². The van der Waals surface area contributed by atoms with Gasteiger partial charge in [0.15, 0.2) is 0 Å². The number of rotatable bonds is 12. The average Bonchev–Trinajstić information content (AvgIpc) is 2.85. The summed E-state index contributed by atoms with van der Waals surface area (Å²) >= 11 is 0. The summed E-state index contributed by atoms with van der Waals surface area (Å²) in [5, 5.41) is 38.5. The Hall–Kier alpha value is -4.62. The van der Waals surface area contributed by atoms with Crippen molar-refractivity contribution in [3.8, 4) is 0 Å². The molecule has 0 aromatic heterocycles. The molecule has 2 aliphatic rings. The molecule has 0 spiro atoms. The monoisotopic (exact) mass is 546 g/mol.